The molecule has 0 heterocycles. The molecule has 8 heteroatoms. The van der Waals surface area contributed by atoms with Crippen LogP contribution in [0.15, 0.2) is 77.7 Å². The molecule has 0 fully saturated rings. The first-order valence-corrected chi connectivity index (χ1v) is 11.4. The second kappa shape index (κ2) is 9.49. The summed E-state index contributed by atoms with van der Waals surface area (Å²) >= 11 is 5.89. The van der Waals surface area contributed by atoms with Gasteiger partial charge in [-0.05, 0) is 67.9 Å². The maximum Gasteiger partial charge on any atom is 0.264 e. The quantitative estimate of drug-likeness (QED) is 0.547. The van der Waals surface area contributed by atoms with Crippen molar-refractivity contribution in [3.8, 4) is 0 Å². The lowest BCUT2D eigenvalue weighted by molar-refractivity contribution is -0.120. The molecule has 3 aromatic rings. The number of aryl methyl sites for hydroxylation is 1. The number of benzene rings is 3. The molecule has 3 aromatic carbocycles. The van der Waals surface area contributed by atoms with Gasteiger partial charge in [0.05, 0.1) is 16.6 Å². The van der Waals surface area contributed by atoms with Crippen LogP contribution in [-0.4, -0.2) is 20.9 Å². The van der Waals surface area contributed by atoms with Gasteiger partial charge in [-0.2, -0.15) is 0 Å². The predicted molar refractivity (Wildman–Crippen MR) is 120 cm³/mol. The molecule has 0 unspecified atom stereocenters. The molecule has 3 rings (SSSR count). The van der Waals surface area contributed by atoms with Crippen LogP contribution in [0.2, 0.25) is 5.02 Å². The highest BCUT2D eigenvalue weighted by molar-refractivity contribution is 7.92. The molecular weight excluding hydrogens is 439 g/mol. The van der Waals surface area contributed by atoms with E-state index in [0.717, 1.165) is 9.87 Å². The Morgan fingerprint density at radius 3 is 2.16 bits per heavy atom. The number of carbonyl (C=O) groups is 1. The summed E-state index contributed by atoms with van der Waals surface area (Å²) in [4.78, 5) is 12.8. The number of hydrogen-bond acceptors (Lipinski definition) is 3. The molecule has 0 spiro atoms. The highest BCUT2D eigenvalue weighted by Crippen LogP contribution is 2.25. The third kappa shape index (κ3) is 5.62. The van der Waals surface area contributed by atoms with Crippen LogP contribution in [0, 0.1) is 12.7 Å². The zero-order valence-corrected chi connectivity index (χ0v) is 18.6. The smallest absolute Gasteiger partial charge is 0.264 e. The summed E-state index contributed by atoms with van der Waals surface area (Å²) in [6, 6.07) is 18.0. The molecule has 0 aliphatic carbocycles. The van der Waals surface area contributed by atoms with Gasteiger partial charge in [-0.25, -0.2) is 12.8 Å². The molecule has 1 atom stereocenters. The van der Waals surface area contributed by atoms with Gasteiger partial charge in [-0.1, -0.05) is 41.4 Å². The topological polar surface area (TPSA) is 66.5 Å². The van der Waals surface area contributed by atoms with Crippen molar-refractivity contribution in [1.82, 2.24) is 5.32 Å². The number of carbonyl (C=O) groups excluding carboxylic acids is 1. The molecule has 1 N–H and O–H groups in total. The summed E-state index contributed by atoms with van der Waals surface area (Å²) in [5.41, 5.74) is 2.03. The number of sulfonamides is 1. The standard InChI is InChI=1S/C23H22ClFN2O3S/c1-16-3-11-21(12-4-16)27(31(29,30)22-13-7-19(24)8-14-22)15-23(28)26-17(2)18-5-9-20(25)10-6-18/h3-14,17H,15H2,1-2H3,(H,26,28)/t17-/m1/s1. The van der Waals surface area contributed by atoms with E-state index in [1.807, 2.05) is 6.92 Å². The maximum atomic E-state index is 13.3. The van der Waals surface area contributed by atoms with Gasteiger partial charge in [-0.3, -0.25) is 9.10 Å². The highest BCUT2D eigenvalue weighted by Gasteiger charge is 2.27. The first kappa shape index (κ1) is 22.8. The molecule has 0 radical (unpaired) electrons. The summed E-state index contributed by atoms with van der Waals surface area (Å²) in [7, 11) is -4.02. The summed E-state index contributed by atoms with van der Waals surface area (Å²) < 4.78 is 40.8. The Hall–Kier alpha value is -2.90. The monoisotopic (exact) mass is 460 g/mol. The van der Waals surface area contributed by atoms with E-state index in [0.29, 0.717) is 16.3 Å². The highest BCUT2D eigenvalue weighted by atomic mass is 35.5. The third-order valence-electron chi connectivity index (χ3n) is 4.76. The van der Waals surface area contributed by atoms with Gasteiger partial charge in [0.15, 0.2) is 0 Å². The molecule has 0 aromatic heterocycles. The zero-order chi connectivity index (χ0) is 22.6. The predicted octanol–water partition coefficient (Wildman–Crippen LogP) is 4.86. The second-order valence-electron chi connectivity index (χ2n) is 7.14. The van der Waals surface area contributed by atoms with Crippen molar-refractivity contribution < 1.29 is 17.6 Å². The molecule has 0 aliphatic heterocycles. The van der Waals surface area contributed by atoms with E-state index in [2.05, 4.69) is 5.32 Å². The Morgan fingerprint density at radius 1 is 1.00 bits per heavy atom. The van der Waals surface area contributed by atoms with E-state index in [-0.39, 0.29) is 10.7 Å². The molecule has 1 amide bonds. The molecule has 0 saturated carbocycles. The normalized spacial score (nSPS) is 12.3. The minimum absolute atomic E-state index is 0.0249. The number of amides is 1. The van der Waals surface area contributed by atoms with E-state index in [4.69, 9.17) is 11.6 Å². The third-order valence-corrected chi connectivity index (χ3v) is 6.80. The van der Waals surface area contributed by atoms with Crippen LogP contribution in [0.25, 0.3) is 0 Å². The lowest BCUT2D eigenvalue weighted by Crippen LogP contribution is -2.41. The average Bonchev–Trinajstić information content (AvgIpc) is 2.73. The van der Waals surface area contributed by atoms with Crippen molar-refractivity contribution in [2.24, 2.45) is 0 Å². The molecular formula is C23H22ClFN2O3S. The van der Waals surface area contributed by atoms with Crippen LogP contribution in [-0.2, 0) is 14.8 Å². The first-order chi connectivity index (χ1) is 14.7. The zero-order valence-electron chi connectivity index (χ0n) is 17.0. The molecule has 31 heavy (non-hydrogen) atoms. The first-order valence-electron chi connectivity index (χ1n) is 9.56. The van der Waals surface area contributed by atoms with Crippen molar-refractivity contribution in [3.63, 3.8) is 0 Å². The summed E-state index contributed by atoms with van der Waals surface area (Å²) in [5, 5.41) is 3.18. The van der Waals surface area contributed by atoms with Gasteiger partial charge in [0.1, 0.15) is 12.4 Å². The average molecular weight is 461 g/mol. The van der Waals surface area contributed by atoms with Crippen molar-refractivity contribution in [1.29, 1.82) is 0 Å². The van der Waals surface area contributed by atoms with E-state index in [1.165, 1.54) is 36.4 Å². The van der Waals surface area contributed by atoms with Gasteiger partial charge < -0.3 is 5.32 Å². The Morgan fingerprint density at radius 2 is 1.58 bits per heavy atom. The van der Waals surface area contributed by atoms with E-state index in [9.17, 15) is 17.6 Å². The fraction of sp³-hybridized carbons (Fsp3) is 0.174. The van der Waals surface area contributed by atoms with E-state index < -0.39 is 28.5 Å². The van der Waals surface area contributed by atoms with Gasteiger partial charge >= 0.3 is 0 Å². The molecule has 162 valence electrons. The number of nitrogens with one attached hydrogen (secondary N) is 1. The van der Waals surface area contributed by atoms with Crippen LogP contribution in [0.1, 0.15) is 24.1 Å². The van der Waals surface area contributed by atoms with Gasteiger partial charge in [-0.15, -0.1) is 0 Å². The van der Waals surface area contributed by atoms with Crippen LogP contribution in [0.4, 0.5) is 10.1 Å². The van der Waals surface area contributed by atoms with Crippen LogP contribution >= 0.6 is 11.6 Å². The number of rotatable bonds is 7. The Balaban J connectivity index is 1.87. The number of hydrogen-bond donors (Lipinski definition) is 1. The van der Waals surface area contributed by atoms with Gasteiger partial charge in [0.25, 0.3) is 10.0 Å². The minimum atomic E-state index is -4.02. The molecule has 0 aliphatic rings. The fourth-order valence-electron chi connectivity index (χ4n) is 3.01. The van der Waals surface area contributed by atoms with Crippen molar-refractivity contribution in [2.75, 3.05) is 10.8 Å². The number of nitrogens with zero attached hydrogens (tertiary/aromatic N) is 1. The van der Waals surface area contributed by atoms with E-state index in [1.54, 1.807) is 43.3 Å². The lowest BCUT2D eigenvalue weighted by atomic mass is 10.1. The van der Waals surface area contributed by atoms with Crippen LogP contribution in [0.3, 0.4) is 0 Å². The van der Waals surface area contributed by atoms with Crippen molar-refractivity contribution in [2.45, 2.75) is 24.8 Å². The summed E-state index contributed by atoms with van der Waals surface area (Å²) in [6.45, 7) is 3.22. The summed E-state index contributed by atoms with van der Waals surface area (Å²) in [6.07, 6.45) is 0. The Bertz CT molecular complexity index is 1150. The van der Waals surface area contributed by atoms with Crippen molar-refractivity contribution >= 4 is 33.2 Å². The number of halogens is 2. The summed E-state index contributed by atoms with van der Waals surface area (Å²) in [5.74, 6) is -0.864. The largest absolute Gasteiger partial charge is 0.348 e. The fourth-order valence-corrected chi connectivity index (χ4v) is 4.56. The maximum absolute atomic E-state index is 13.3. The molecule has 0 saturated heterocycles. The lowest BCUT2D eigenvalue weighted by Gasteiger charge is -2.25. The SMILES string of the molecule is Cc1ccc(N(CC(=O)N[C@H](C)c2ccc(F)cc2)S(=O)(=O)c2ccc(Cl)cc2)cc1. The van der Waals surface area contributed by atoms with Gasteiger partial charge in [0.2, 0.25) is 5.91 Å². The van der Waals surface area contributed by atoms with Crippen LogP contribution < -0.4 is 9.62 Å². The minimum Gasteiger partial charge on any atom is -0.348 e. The van der Waals surface area contributed by atoms with Gasteiger partial charge in [0, 0.05) is 5.02 Å². The van der Waals surface area contributed by atoms with Crippen LogP contribution in [0.5, 0.6) is 0 Å². The number of anilines is 1. The Labute approximate surface area is 186 Å². The Kier molecular flexibility index (Phi) is 6.97. The second-order valence-corrected chi connectivity index (χ2v) is 9.44. The van der Waals surface area contributed by atoms with Crippen molar-refractivity contribution in [3.05, 3.63) is 94.8 Å². The molecule has 5 nitrogen and oxygen atoms in total. The molecule has 0 bridgehead atoms. The van der Waals surface area contributed by atoms with E-state index >= 15 is 0 Å².